The van der Waals surface area contributed by atoms with Crippen molar-refractivity contribution in [1.82, 2.24) is 4.31 Å². The van der Waals surface area contributed by atoms with Crippen LogP contribution in [-0.2, 0) is 14.8 Å². The zero-order valence-electron chi connectivity index (χ0n) is 11.1. The van der Waals surface area contributed by atoms with Gasteiger partial charge in [0.25, 0.3) is 0 Å². The van der Waals surface area contributed by atoms with Gasteiger partial charge >= 0.3 is 5.97 Å². The first-order valence-corrected chi connectivity index (χ1v) is 7.85. The van der Waals surface area contributed by atoms with E-state index in [1.807, 2.05) is 0 Å². The third-order valence-corrected chi connectivity index (χ3v) is 5.41. The van der Waals surface area contributed by atoms with Crippen LogP contribution >= 0.6 is 11.6 Å². The van der Waals surface area contributed by atoms with Crippen molar-refractivity contribution >= 4 is 27.6 Å². The highest BCUT2D eigenvalue weighted by Crippen LogP contribution is 2.31. The number of ether oxygens (including phenoxy) is 1. The van der Waals surface area contributed by atoms with Gasteiger partial charge < -0.3 is 14.9 Å². The van der Waals surface area contributed by atoms with Crippen molar-refractivity contribution in [3.05, 3.63) is 23.2 Å². The van der Waals surface area contributed by atoms with Gasteiger partial charge in [0.2, 0.25) is 10.0 Å². The number of nitrogens with zero attached hydrogens (tertiary/aromatic N) is 1. The Morgan fingerprint density at radius 2 is 2.14 bits per heavy atom. The third-order valence-electron chi connectivity index (χ3n) is 3.25. The van der Waals surface area contributed by atoms with Crippen LogP contribution in [-0.4, -0.2) is 54.7 Å². The lowest BCUT2D eigenvalue weighted by Crippen LogP contribution is -2.40. The standard InChI is InChI=1S/C12H14ClNO6S/c1-20-11-3-2-8(5-9(11)13)21(18,19)14-6-7(15)4-10(14)12(16)17/h2-3,5,7,10,15H,4,6H2,1H3,(H,16,17)/t7?,10-/m0/s1. The summed E-state index contributed by atoms with van der Waals surface area (Å²) in [5.41, 5.74) is 0. The summed E-state index contributed by atoms with van der Waals surface area (Å²) < 4.78 is 30.7. The van der Waals surface area contributed by atoms with Crippen LogP contribution in [0, 0.1) is 0 Å². The molecule has 0 bridgehead atoms. The molecule has 0 amide bonds. The summed E-state index contributed by atoms with van der Waals surface area (Å²) in [6, 6.07) is 2.58. The van der Waals surface area contributed by atoms with Gasteiger partial charge in [0, 0.05) is 13.0 Å². The van der Waals surface area contributed by atoms with Crippen molar-refractivity contribution in [1.29, 1.82) is 0 Å². The lowest BCUT2D eigenvalue weighted by molar-refractivity contribution is -0.140. The number of hydrogen-bond acceptors (Lipinski definition) is 5. The number of rotatable bonds is 4. The summed E-state index contributed by atoms with van der Waals surface area (Å²) >= 11 is 5.90. The number of sulfonamides is 1. The highest BCUT2D eigenvalue weighted by atomic mass is 35.5. The van der Waals surface area contributed by atoms with Gasteiger partial charge in [-0.2, -0.15) is 4.31 Å². The monoisotopic (exact) mass is 335 g/mol. The number of halogens is 1. The largest absolute Gasteiger partial charge is 0.495 e. The van der Waals surface area contributed by atoms with Gasteiger partial charge in [-0.3, -0.25) is 4.79 Å². The molecule has 116 valence electrons. The average molecular weight is 336 g/mol. The van der Waals surface area contributed by atoms with Crippen LogP contribution in [0.25, 0.3) is 0 Å². The summed E-state index contributed by atoms with van der Waals surface area (Å²) in [6.45, 7) is -0.261. The van der Waals surface area contributed by atoms with Gasteiger partial charge in [-0.25, -0.2) is 8.42 Å². The lowest BCUT2D eigenvalue weighted by atomic mass is 10.2. The van der Waals surface area contributed by atoms with E-state index in [2.05, 4.69) is 0 Å². The van der Waals surface area contributed by atoms with Gasteiger partial charge in [-0.1, -0.05) is 11.6 Å². The predicted octanol–water partition coefficient (Wildman–Crippen LogP) is 0.557. The van der Waals surface area contributed by atoms with Crippen molar-refractivity contribution in [2.75, 3.05) is 13.7 Å². The number of aliphatic hydroxyl groups is 1. The van der Waals surface area contributed by atoms with E-state index in [9.17, 15) is 18.3 Å². The molecule has 1 heterocycles. The Morgan fingerprint density at radius 1 is 1.48 bits per heavy atom. The molecule has 0 aromatic heterocycles. The number of aliphatic carboxylic acids is 1. The van der Waals surface area contributed by atoms with Gasteiger partial charge in [-0.05, 0) is 18.2 Å². The molecule has 1 unspecified atom stereocenters. The maximum atomic E-state index is 12.5. The molecule has 2 N–H and O–H groups in total. The number of aliphatic hydroxyl groups excluding tert-OH is 1. The van der Waals surface area contributed by atoms with E-state index < -0.39 is 28.1 Å². The van der Waals surface area contributed by atoms with Crippen LogP contribution in [0.5, 0.6) is 5.75 Å². The molecular weight excluding hydrogens is 322 g/mol. The minimum absolute atomic E-state index is 0.102. The van der Waals surface area contributed by atoms with Crippen molar-refractivity contribution < 1.29 is 28.2 Å². The molecule has 1 aromatic rings. The first kappa shape index (κ1) is 16.0. The van der Waals surface area contributed by atoms with Crippen molar-refractivity contribution in [2.45, 2.75) is 23.5 Å². The molecule has 1 aromatic carbocycles. The Labute approximate surface area is 126 Å². The highest BCUT2D eigenvalue weighted by Gasteiger charge is 2.43. The van der Waals surface area contributed by atoms with E-state index in [0.29, 0.717) is 5.75 Å². The van der Waals surface area contributed by atoms with Crippen molar-refractivity contribution in [2.24, 2.45) is 0 Å². The van der Waals surface area contributed by atoms with E-state index >= 15 is 0 Å². The quantitative estimate of drug-likeness (QED) is 0.833. The number of carboxylic acid groups (broad SMARTS) is 1. The fourth-order valence-corrected chi connectivity index (χ4v) is 4.20. The Kier molecular flexibility index (Phi) is 4.43. The van der Waals surface area contributed by atoms with Crippen LogP contribution in [0.3, 0.4) is 0 Å². The predicted molar refractivity (Wildman–Crippen MR) is 73.9 cm³/mol. The number of β-amino-alcohol motifs (C(OH)–C–C–N with tert-alkyl or cyclic N) is 1. The van der Waals surface area contributed by atoms with Crippen LogP contribution in [0.1, 0.15) is 6.42 Å². The number of carbonyl (C=O) groups is 1. The van der Waals surface area contributed by atoms with E-state index in [4.69, 9.17) is 21.4 Å². The zero-order valence-corrected chi connectivity index (χ0v) is 12.6. The normalized spacial score (nSPS) is 23.2. The number of methoxy groups -OCH3 is 1. The molecule has 7 nitrogen and oxygen atoms in total. The molecule has 0 aliphatic carbocycles. The molecule has 0 spiro atoms. The molecule has 1 aliphatic rings. The minimum Gasteiger partial charge on any atom is -0.495 e. The molecule has 1 fully saturated rings. The summed E-state index contributed by atoms with van der Waals surface area (Å²) in [5.74, 6) is -0.985. The first-order chi connectivity index (χ1) is 9.77. The number of hydrogen-bond donors (Lipinski definition) is 2. The summed E-state index contributed by atoms with van der Waals surface area (Å²) in [6.07, 6.45) is -1.15. The molecule has 9 heteroatoms. The molecule has 0 saturated carbocycles. The Balaban J connectivity index is 2.42. The Hall–Kier alpha value is -1.35. The second kappa shape index (κ2) is 5.80. The van der Waals surface area contributed by atoms with Crippen molar-refractivity contribution in [3.8, 4) is 5.75 Å². The Bertz CT molecular complexity index is 662. The summed E-state index contributed by atoms with van der Waals surface area (Å²) in [7, 11) is -2.67. The smallest absolute Gasteiger partial charge is 0.322 e. The Morgan fingerprint density at radius 3 is 2.67 bits per heavy atom. The third kappa shape index (κ3) is 2.98. The molecule has 21 heavy (non-hydrogen) atoms. The van der Waals surface area contributed by atoms with E-state index in [-0.39, 0.29) is 22.9 Å². The fourth-order valence-electron chi connectivity index (χ4n) is 2.22. The van der Waals surface area contributed by atoms with E-state index in [1.54, 1.807) is 0 Å². The maximum Gasteiger partial charge on any atom is 0.322 e. The topological polar surface area (TPSA) is 104 Å². The number of benzene rings is 1. The first-order valence-electron chi connectivity index (χ1n) is 6.03. The molecule has 2 rings (SSSR count). The van der Waals surface area contributed by atoms with Gasteiger partial charge in [0.05, 0.1) is 23.1 Å². The van der Waals surface area contributed by atoms with Crippen molar-refractivity contribution in [3.63, 3.8) is 0 Å². The van der Waals surface area contributed by atoms with Crippen LogP contribution in [0.15, 0.2) is 23.1 Å². The van der Waals surface area contributed by atoms with Crippen LogP contribution in [0.4, 0.5) is 0 Å². The van der Waals surface area contributed by atoms with Gasteiger partial charge in [-0.15, -0.1) is 0 Å². The fraction of sp³-hybridized carbons (Fsp3) is 0.417. The number of carboxylic acids is 1. The van der Waals surface area contributed by atoms with Crippen LogP contribution < -0.4 is 4.74 Å². The summed E-state index contributed by atoms with van der Waals surface area (Å²) in [5, 5.41) is 18.7. The van der Waals surface area contributed by atoms with E-state index in [0.717, 1.165) is 4.31 Å². The molecule has 2 atom stereocenters. The summed E-state index contributed by atoms with van der Waals surface area (Å²) in [4.78, 5) is 11.0. The average Bonchev–Trinajstić information content (AvgIpc) is 2.81. The van der Waals surface area contributed by atoms with Gasteiger partial charge in [0.15, 0.2) is 0 Å². The lowest BCUT2D eigenvalue weighted by Gasteiger charge is -2.21. The van der Waals surface area contributed by atoms with E-state index in [1.165, 1.54) is 25.3 Å². The molecule has 1 aliphatic heterocycles. The molecular formula is C12H14ClNO6S. The maximum absolute atomic E-state index is 12.5. The highest BCUT2D eigenvalue weighted by molar-refractivity contribution is 7.89. The minimum atomic E-state index is -4.06. The SMILES string of the molecule is COc1ccc(S(=O)(=O)N2CC(O)C[C@H]2C(=O)O)cc1Cl. The second-order valence-electron chi connectivity index (χ2n) is 4.61. The van der Waals surface area contributed by atoms with Gasteiger partial charge in [0.1, 0.15) is 11.8 Å². The van der Waals surface area contributed by atoms with Crippen LogP contribution in [0.2, 0.25) is 5.02 Å². The second-order valence-corrected chi connectivity index (χ2v) is 6.91. The molecule has 1 saturated heterocycles. The molecule has 0 radical (unpaired) electrons. The zero-order chi connectivity index (χ0) is 15.8.